The van der Waals surface area contributed by atoms with Crippen LogP contribution in [0.3, 0.4) is 0 Å². The summed E-state index contributed by atoms with van der Waals surface area (Å²) in [4.78, 5) is 23.7. The molecule has 2 atom stereocenters. The zero-order valence-electron chi connectivity index (χ0n) is 12.1. The molecule has 1 aliphatic rings. The van der Waals surface area contributed by atoms with Gasteiger partial charge in [-0.3, -0.25) is 9.59 Å². The number of carbonyl (C=O) groups is 2. The van der Waals surface area contributed by atoms with Crippen LogP contribution in [0.2, 0.25) is 0 Å². The van der Waals surface area contributed by atoms with E-state index in [0.29, 0.717) is 5.56 Å². The number of thiophene rings is 1. The fraction of sp³-hybridized carbons (Fsp3) is 0.294. The van der Waals surface area contributed by atoms with E-state index in [-0.39, 0.29) is 23.8 Å². The second kappa shape index (κ2) is 6.32. The van der Waals surface area contributed by atoms with Crippen molar-refractivity contribution in [2.24, 2.45) is 11.7 Å². The normalized spacial score (nSPS) is 20.7. The molecule has 0 radical (unpaired) electrons. The van der Waals surface area contributed by atoms with E-state index in [1.807, 2.05) is 29.6 Å². The highest BCUT2D eigenvalue weighted by Crippen LogP contribution is 2.26. The number of nitrogens with one attached hydrogen (secondary N) is 1. The van der Waals surface area contributed by atoms with Crippen LogP contribution in [0, 0.1) is 5.92 Å². The second-order valence-electron chi connectivity index (χ2n) is 5.61. The third kappa shape index (κ3) is 3.04. The van der Waals surface area contributed by atoms with E-state index in [2.05, 4.69) is 16.8 Å². The summed E-state index contributed by atoms with van der Waals surface area (Å²) in [6, 6.07) is 9.43. The molecule has 1 aromatic carbocycles. The van der Waals surface area contributed by atoms with E-state index in [1.54, 1.807) is 11.3 Å². The van der Waals surface area contributed by atoms with Crippen LogP contribution in [0.4, 0.5) is 0 Å². The van der Waals surface area contributed by atoms with Gasteiger partial charge < -0.3 is 11.1 Å². The maximum atomic E-state index is 12.3. The van der Waals surface area contributed by atoms with Crippen LogP contribution >= 0.6 is 11.3 Å². The molecule has 3 rings (SSSR count). The molecule has 0 spiro atoms. The molecule has 1 saturated carbocycles. The van der Waals surface area contributed by atoms with E-state index >= 15 is 0 Å². The van der Waals surface area contributed by atoms with E-state index < -0.39 is 0 Å². The smallest absolute Gasteiger partial charge is 0.251 e. The molecule has 0 bridgehead atoms. The predicted molar refractivity (Wildman–Crippen MR) is 87.5 cm³/mol. The predicted octanol–water partition coefficient (Wildman–Crippen LogP) is 2.80. The Morgan fingerprint density at radius 3 is 2.50 bits per heavy atom. The van der Waals surface area contributed by atoms with Crippen LogP contribution in [0.5, 0.6) is 0 Å². The van der Waals surface area contributed by atoms with Crippen LogP contribution in [0.15, 0.2) is 41.1 Å². The van der Waals surface area contributed by atoms with Gasteiger partial charge in [0.15, 0.2) is 0 Å². The van der Waals surface area contributed by atoms with Gasteiger partial charge in [0, 0.05) is 11.6 Å². The van der Waals surface area contributed by atoms with Crippen LogP contribution in [-0.4, -0.2) is 17.9 Å². The number of primary amides is 1. The summed E-state index contributed by atoms with van der Waals surface area (Å²) in [5.41, 5.74) is 8.24. The summed E-state index contributed by atoms with van der Waals surface area (Å²) in [6.45, 7) is 0. The summed E-state index contributed by atoms with van der Waals surface area (Å²) < 4.78 is 0. The molecule has 1 fully saturated rings. The largest absolute Gasteiger partial charge is 0.369 e. The molecule has 1 aliphatic carbocycles. The zero-order chi connectivity index (χ0) is 15.5. The molecule has 2 amide bonds. The molecule has 2 aromatic rings. The number of amides is 2. The number of hydrogen-bond donors (Lipinski definition) is 2. The van der Waals surface area contributed by atoms with Crippen molar-refractivity contribution >= 4 is 23.2 Å². The van der Waals surface area contributed by atoms with Crippen molar-refractivity contribution in [2.45, 2.75) is 25.3 Å². The Labute approximate surface area is 133 Å². The Hall–Kier alpha value is -2.14. The Morgan fingerprint density at radius 2 is 1.86 bits per heavy atom. The number of rotatable bonds is 4. The lowest BCUT2D eigenvalue weighted by Gasteiger charge is -2.18. The number of benzene rings is 1. The summed E-state index contributed by atoms with van der Waals surface area (Å²) in [6.07, 6.45) is 2.50. The minimum Gasteiger partial charge on any atom is -0.369 e. The molecular weight excluding hydrogens is 296 g/mol. The van der Waals surface area contributed by atoms with Crippen LogP contribution in [0.25, 0.3) is 11.1 Å². The molecule has 5 heteroatoms. The van der Waals surface area contributed by atoms with Gasteiger partial charge in [0.05, 0.1) is 5.92 Å². The summed E-state index contributed by atoms with van der Waals surface area (Å²) in [7, 11) is 0. The summed E-state index contributed by atoms with van der Waals surface area (Å²) in [5, 5.41) is 7.05. The Kier molecular flexibility index (Phi) is 4.24. The molecule has 114 valence electrons. The van der Waals surface area contributed by atoms with Gasteiger partial charge >= 0.3 is 0 Å². The highest BCUT2D eigenvalue weighted by Gasteiger charge is 2.32. The van der Waals surface area contributed by atoms with Crippen molar-refractivity contribution in [3.63, 3.8) is 0 Å². The van der Waals surface area contributed by atoms with Gasteiger partial charge in [-0.25, -0.2) is 0 Å². The number of hydrogen-bond acceptors (Lipinski definition) is 3. The van der Waals surface area contributed by atoms with E-state index in [9.17, 15) is 9.59 Å². The second-order valence-corrected chi connectivity index (χ2v) is 6.39. The van der Waals surface area contributed by atoms with Gasteiger partial charge in [-0.05, 0) is 52.9 Å². The Bertz CT molecular complexity index is 664. The molecule has 3 N–H and O–H groups in total. The van der Waals surface area contributed by atoms with Crippen molar-refractivity contribution < 1.29 is 9.59 Å². The molecule has 0 saturated heterocycles. The average Bonchev–Trinajstić information content (AvgIpc) is 3.18. The van der Waals surface area contributed by atoms with Gasteiger partial charge in [0.2, 0.25) is 5.91 Å². The first-order valence-corrected chi connectivity index (χ1v) is 8.32. The average molecular weight is 314 g/mol. The Balaban J connectivity index is 1.69. The SMILES string of the molecule is NC(=O)[C@@H]1CCC[C@@H]1NC(=O)c1ccc(-c2ccsc2)cc1. The minimum atomic E-state index is -0.324. The van der Waals surface area contributed by atoms with Gasteiger partial charge in [-0.2, -0.15) is 11.3 Å². The Morgan fingerprint density at radius 1 is 1.09 bits per heavy atom. The van der Waals surface area contributed by atoms with Crippen molar-refractivity contribution in [1.82, 2.24) is 5.32 Å². The monoisotopic (exact) mass is 314 g/mol. The molecule has 4 nitrogen and oxygen atoms in total. The number of carbonyl (C=O) groups excluding carboxylic acids is 2. The third-order valence-corrected chi connectivity index (χ3v) is 4.88. The van der Waals surface area contributed by atoms with Crippen molar-refractivity contribution in [3.8, 4) is 11.1 Å². The van der Waals surface area contributed by atoms with Crippen molar-refractivity contribution in [2.75, 3.05) is 0 Å². The molecule has 1 heterocycles. The van der Waals surface area contributed by atoms with E-state index in [4.69, 9.17) is 5.73 Å². The van der Waals surface area contributed by atoms with Crippen LogP contribution in [0.1, 0.15) is 29.6 Å². The van der Waals surface area contributed by atoms with Gasteiger partial charge in [0.1, 0.15) is 0 Å². The first-order chi connectivity index (χ1) is 10.6. The molecular formula is C17H18N2O2S. The fourth-order valence-corrected chi connectivity index (χ4v) is 3.63. The van der Waals surface area contributed by atoms with Crippen molar-refractivity contribution in [1.29, 1.82) is 0 Å². The molecule has 1 aromatic heterocycles. The summed E-state index contributed by atoms with van der Waals surface area (Å²) in [5.74, 6) is -0.709. The van der Waals surface area contributed by atoms with E-state index in [1.165, 1.54) is 0 Å². The molecule has 0 unspecified atom stereocenters. The lowest BCUT2D eigenvalue weighted by Crippen LogP contribution is -2.42. The van der Waals surface area contributed by atoms with Gasteiger partial charge in [0.25, 0.3) is 5.91 Å². The molecule has 22 heavy (non-hydrogen) atoms. The van der Waals surface area contributed by atoms with Gasteiger partial charge in [-0.15, -0.1) is 0 Å². The maximum Gasteiger partial charge on any atom is 0.251 e. The van der Waals surface area contributed by atoms with Crippen molar-refractivity contribution in [3.05, 3.63) is 46.7 Å². The third-order valence-electron chi connectivity index (χ3n) is 4.20. The van der Waals surface area contributed by atoms with Crippen LogP contribution in [-0.2, 0) is 4.79 Å². The topological polar surface area (TPSA) is 72.2 Å². The minimum absolute atomic E-state index is 0.137. The lowest BCUT2D eigenvalue weighted by molar-refractivity contribution is -0.122. The lowest BCUT2D eigenvalue weighted by atomic mass is 10.0. The number of nitrogens with two attached hydrogens (primary N) is 1. The standard InChI is InChI=1S/C17H18N2O2S/c18-16(20)14-2-1-3-15(14)19-17(21)12-6-4-11(5-7-12)13-8-9-22-10-13/h4-10,14-15H,1-3H2,(H2,18,20)(H,19,21)/t14-,15+/m1/s1. The first kappa shape index (κ1) is 14.8. The molecule has 0 aliphatic heterocycles. The first-order valence-electron chi connectivity index (χ1n) is 7.38. The fourth-order valence-electron chi connectivity index (χ4n) is 2.97. The maximum absolute atomic E-state index is 12.3. The highest BCUT2D eigenvalue weighted by molar-refractivity contribution is 7.08. The zero-order valence-corrected chi connectivity index (χ0v) is 12.9. The highest BCUT2D eigenvalue weighted by atomic mass is 32.1. The summed E-state index contributed by atoms with van der Waals surface area (Å²) >= 11 is 1.65. The quantitative estimate of drug-likeness (QED) is 0.911. The van der Waals surface area contributed by atoms with Gasteiger partial charge in [-0.1, -0.05) is 18.6 Å². The van der Waals surface area contributed by atoms with Crippen LogP contribution < -0.4 is 11.1 Å². The van der Waals surface area contributed by atoms with E-state index in [0.717, 1.165) is 30.4 Å².